The van der Waals surface area contributed by atoms with Gasteiger partial charge in [0.1, 0.15) is 5.82 Å². The van der Waals surface area contributed by atoms with Crippen LogP contribution >= 0.6 is 11.3 Å². The molecule has 0 fully saturated rings. The number of aromatic carboxylic acids is 1. The van der Waals surface area contributed by atoms with Gasteiger partial charge in [-0.2, -0.15) is 0 Å². The van der Waals surface area contributed by atoms with Gasteiger partial charge in [-0.3, -0.25) is 4.79 Å². The SMILES string of the molecule is O=C(O)c1ccc2c(=O)[nH]c(CCc3cccs3)nc2c1. The number of fused-ring (bicyclic) bond motifs is 1. The minimum Gasteiger partial charge on any atom is -0.478 e. The molecule has 5 nitrogen and oxygen atoms in total. The molecule has 1 aromatic carbocycles. The molecular formula is C15H12N2O3S. The Labute approximate surface area is 123 Å². The number of thiophene rings is 1. The summed E-state index contributed by atoms with van der Waals surface area (Å²) in [5.74, 6) is -0.456. The number of benzene rings is 1. The van der Waals surface area contributed by atoms with E-state index in [4.69, 9.17) is 5.11 Å². The number of carboxylic acids is 1. The summed E-state index contributed by atoms with van der Waals surface area (Å²) in [6, 6.07) is 8.35. The van der Waals surface area contributed by atoms with Crippen LogP contribution in [0.25, 0.3) is 10.9 Å². The number of aryl methyl sites for hydroxylation is 2. The highest BCUT2D eigenvalue weighted by Crippen LogP contribution is 2.13. The molecule has 106 valence electrons. The van der Waals surface area contributed by atoms with Crippen molar-refractivity contribution >= 4 is 28.2 Å². The van der Waals surface area contributed by atoms with Crippen LogP contribution in [0.3, 0.4) is 0 Å². The summed E-state index contributed by atoms with van der Waals surface area (Å²) in [6.45, 7) is 0. The zero-order chi connectivity index (χ0) is 14.8. The van der Waals surface area contributed by atoms with Gasteiger partial charge in [-0.15, -0.1) is 11.3 Å². The number of carbonyl (C=O) groups is 1. The summed E-state index contributed by atoms with van der Waals surface area (Å²) in [5.41, 5.74) is 0.308. The molecular weight excluding hydrogens is 288 g/mol. The molecule has 0 saturated heterocycles. The van der Waals surface area contributed by atoms with Crippen molar-refractivity contribution in [3.05, 3.63) is 62.3 Å². The van der Waals surface area contributed by atoms with Gasteiger partial charge in [0.05, 0.1) is 16.5 Å². The molecule has 2 heterocycles. The summed E-state index contributed by atoms with van der Waals surface area (Å²) < 4.78 is 0. The van der Waals surface area contributed by atoms with Gasteiger partial charge in [0.25, 0.3) is 5.56 Å². The Bertz CT molecular complexity index is 853. The molecule has 6 heteroatoms. The average molecular weight is 300 g/mol. The van der Waals surface area contributed by atoms with E-state index in [-0.39, 0.29) is 11.1 Å². The Balaban J connectivity index is 1.96. The van der Waals surface area contributed by atoms with Gasteiger partial charge in [0.2, 0.25) is 0 Å². The summed E-state index contributed by atoms with van der Waals surface area (Å²) in [6.07, 6.45) is 1.41. The second-order valence-electron chi connectivity index (χ2n) is 4.63. The molecule has 0 aliphatic rings. The number of H-pyrrole nitrogens is 1. The van der Waals surface area contributed by atoms with E-state index in [0.29, 0.717) is 23.1 Å². The van der Waals surface area contributed by atoms with Crippen LogP contribution in [0.2, 0.25) is 0 Å². The third kappa shape index (κ3) is 2.85. The van der Waals surface area contributed by atoms with Crippen LogP contribution in [0.1, 0.15) is 21.1 Å². The van der Waals surface area contributed by atoms with Crippen LogP contribution in [-0.2, 0) is 12.8 Å². The maximum absolute atomic E-state index is 12.0. The number of aromatic nitrogens is 2. The Morgan fingerprint density at radius 2 is 2.14 bits per heavy atom. The van der Waals surface area contributed by atoms with Crippen LogP contribution in [0.15, 0.2) is 40.5 Å². The smallest absolute Gasteiger partial charge is 0.335 e. The second kappa shape index (κ2) is 5.49. The van der Waals surface area contributed by atoms with E-state index in [1.165, 1.54) is 23.1 Å². The van der Waals surface area contributed by atoms with Crippen molar-refractivity contribution in [1.82, 2.24) is 9.97 Å². The third-order valence-electron chi connectivity index (χ3n) is 3.19. The first-order chi connectivity index (χ1) is 10.1. The molecule has 0 atom stereocenters. The van der Waals surface area contributed by atoms with Gasteiger partial charge in [0.15, 0.2) is 0 Å². The number of nitrogens with zero attached hydrogens (tertiary/aromatic N) is 1. The summed E-state index contributed by atoms with van der Waals surface area (Å²) >= 11 is 1.66. The predicted octanol–water partition coefficient (Wildman–Crippen LogP) is 2.47. The normalized spacial score (nSPS) is 10.9. The van der Waals surface area contributed by atoms with Crippen molar-refractivity contribution in [2.24, 2.45) is 0 Å². The molecule has 3 aromatic rings. The van der Waals surface area contributed by atoms with Crippen molar-refractivity contribution < 1.29 is 9.90 Å². The molecule has 21 heavy (non-hydrogen) atoms. The van der Waals surface area contributed by atoms with E-state index in [1.807, 2.05) is 17.5 Å². The maximum Gasteiger partial charge on any atom is 0.335 e. The van der Waals surface area contributed by atoms with E-state index in [2.05, 4.69) is 9.97 Å². The van der Waals surface area contributed by atoms with E-state index >= 15 is 0 Å². The summed E-state index contributed by atoms with van der Waals surface area (Å²) in [7, 11) is 0. The Hall–Kier alpha value is -2.47. The average Bonchev–Trinajstić information content (AvgIpc) is 2.98. The molecule has 0 bridgehead atoms. The van der Waals surface area contributed by atoms with E-state index in [0.717, 1.165) is 6.42 Å². The molecule has 0 spiro atoms. The molecule has 3 rings (SSSR count). The van der Waals surface area contributed by atoms with E-state index in [9.17, 15) is 9.59 Å². The van der Waals surface area contributed by atoms with Crippen LogP contribution in [-0.4, -0.2) is 21.0 Å². The van der Waals surface area contributed by atoms with Crippen molar-refractivity contribution in [2.45, 2.75) is 12.8 Å². The van der Waals surface area contributed by atoms with Crippen molar-refractivity contribution in [1.29, 1.82) is 0 Å². The van der Waals surface area contributed by atoms with E-state index in [1.54, 1.807) is 11.3 Å². The zero-order valence-corrected chi connectivity index (χ0v) is 11.8. The highest BCUT2D eigenvalue weighted by molar-refractivity contribution is 7.09. The Morgan fingerprint density at radius 3 is 2.86 bits per heavy atom. The lowest BCUT2D eigenvalue weighted by atomic mass is 10.1. The van der Waals surface area contributed by atoms with Crippen molar-refractivity contribution in [2.75, 3.05) is 0 Å². The fourth-order valence-corrected chi connectivity index (χ4v) is 2.84. The van der Waals surface area contributed by atoms with E-state index < -0.39 is 5.97 Å². The topological polar surface area (TPSA) is 83.0 Å². The van der Waals surface area contributed by atoms with Gasteiger partial charge in [-0.25, -0.2) is 9.78 Å². The number of aromatic amines is 1. The fourth-order valence-electron chi connectivity index (χ4n) is 2.14. The number of nitrogens with one attached hydrogen (secondary N) is 1. The predicted molar refractivity (Wildman–Crippen MR) is 81.1 cm³/mol. The quantitative estimate of drug-likeness (QED) is 0.775. The molecule has 0 saturated carbocycles. The van der Waals surface area contributed by atoms with Crippen molar-refractivity contribution in [3.8, 4) is 0 Å². The first kappa shape index (κ1) is 13.5. The lowest BCUT2D eigenvalue weighted by Gasteiger charge is -2.03. The number of hydrogen-bond acceptors (Lipinski definition) is 4. The molecule has 0 unspecified atom stereocenters. The highest BCUT2D eigenvalue weighted by atomic mass is 32.1. The summed E-state index contributed by atoms with van der Waals surface area (Å²) in [5, 5.41) is 11.4. The largest absolute Gasteiger partial charge is 0.478 e. The van der Waals surface area contributed by atoms with Gasteiger partial charge < -0.3 is 10.1 Å². The summed E-state index contributed by atoms with van der Waals surface area (Å²) in [4.78, 5) is 31.3. The highest BCUT2D eigenvalue weighted by Gasteiger charge is 2.08. The van der Waals surface area contributed by atoms with Gasteiger partial charge in [0, 0.05) is 11.3 Å². The van der Waals surface area contributed by atoms with Crippen LogP contribution in [0.4, 0.5) is 0 Å². The molecule has 0 radical (unpaired) electrons. The number of carboxylic acid groups (broad SMARTS) is 1. The fraction of sp³-hybridized carbons (Fsp3) is 0.133. The molecule has 2 N–H and O–H groups in total. The molecule has 0 aliphatic carbocycles. The minimum atomic E-state index is -1.03. The Kier molecular flexibility index (Phi) is 3.53. The standard InChI is InChI=1S/C15H12N2O3S/c18-14-11-5-3-9(15(19)20)8-12(11)16-13(17-14)6-4-10-2-1-7-21-10/h1-3,5,7-8H,4,6H2,(H,19,20)(H,16,17,18). The lowest BCUT2D eigenvalue weighted by Crippen LogP contribution is -2.13. The maximum atomic E-state index is 12.0. The van der Waals surface area contributed by atoms with Crippen LogP contribution in [0.5, 0.6) is 0 Å². The van der Waals surface area contributed by atoms with Gasteiger partial charge in [-0.1, -0.05) is 6.07 Å². The van der Waals surface area contributed by atoms with Crippen LogP contribution < -0.4 is 5.56 Å². The number of rotatable bonds is 4. The minimum absolute atomic E-state index is 0.129. The third-order valence-corrected chi connectivity index (χ3v) is 4.13. The second-order valence-corrected chi connectivity index (χ2v) is 5.66. The first-order valence-electron chi connectivity index (χ1n) is 6.42. The molecule has 0 aliphatic heterocycles. The monoisotopic (exact) mass is 300 g/mol. The Morgan fingerprint density at radius 1 is 1.29 bits per heavy atom. The first-order valence-corrected chi connectivity index (χ1v) is 7.30. The zero-order valence-electron chi connectivity index (χ0n) is 11.0. The molecule has 2 aromatic heterocycles. The van der Waals surface area contributed by atoms with Gasteiger partial charge in [-0.05, 0) is 36.1 Å². The van der Waals surface area contributed by atoms with Gasteiger partial charge >= 0.3 is 5.97 Å². The molecule has 0 amide bonds. The lowest BCUT2D eigenvalue weighted by molar-refractivity contribution is 0.0697. The van der Waals surface area contributed by atoms with Crippen LogP contribution in [0, 0.1) is 0 Å². The van der Waals surface area contributed by atoms with Crippen molar-refractivity contribution in [3.63, 3.8) is 0 Å². The number of hydrogen-bond donors (Lipinski definition) is 2.